The molecular formula is C25H26ClF3N4O. The van der Waals surface area contributed by atoms with Crippen LogP contribution in [-0.2, 0) is 7.05 Å². The fraction of sp³-hybridized carbons (Fsp3) is 0.320. The molecule has 0 unspecified atom stereocenters. The number of fused-ring (bicyclic) bond motifs is 1. The lowest BCUT2D eigenvalue weighted by atomic mass is 9.98. The van der Waals surface area contributed by atoms with Crippen molar-refractivity contribution in [1.29, 1.82) is 0 Å². The van der Waals surface area contributed by atoms with Gasteiger partial charge in [-0.25, -0.2) is 18.0 Å². The van der Waals surface area contributed by atoms with E-state index >= 15 is 0 Å². The molecule has 34 heavy (non-hydrogen) atoms. The zero-order valence-electron chi connectivity index (χ0n) is 19.4. The van der Waals surface area contributed by atoms with Gasteiger partial charge in [-0.05, 0) is 43.5 Å². The molecular weight excluding hydrogens is 465 g/mol. The monoisotopic (exact) mass is 490 g/mol. The van der Waals surface area contributed by atoms with Crippen molar-refractivity contribution >= 4 is 28.3 Å². The number of pyridine rings is 1. The molecule has 0 saturated heterocycles. The first kappa shape index (κ1) is 25.5. The second kappa shape index (κ2) is 10.9. The topological polar surface area (TPSA) is 59.8 Å². The van der Waals surface area contributed by atoms with Crippen LogP contribution in [0, 0.1) is 6.92 Å². The maximum absolute atomic E-state index is 14.5. The van der Waals surface area contributed by atoms with Crippen LogP contribution in [-0.4, -0.2) is 27.5 Å². The summed E-state index contributed by atoms with van der Waals surface area (Å²) in [6.07, 6.45) is 0.635. The highest BCUT2D eigenvalue weighted by Crippen LogP contribution is 2.32. The molecule has 0 radical (unpaired) electrons. The number of benzene rings is 1. The van der Waals surface area contributed by atoms with Gasteiger partial charge in [0.2, 0.25) is 0 Å². The lowest BCUT2D eigenvalue weighted by molar-refractivity contribution is 0.180. The van der Waals surface area contributed by atoms with E-state index in [-0.39, 0.29) is 24.4 Å². The Morgan fingerprint density at radius 3 is 2.68 bits per heavy atom. The van der Waals surface area contributed by atoms with E-state index in [4.69, 9.17) is 11.6 Å². The van der Waals surface area contributed by atoms with Crippen molar-refractivity contribution in [2.75, 3.05) is 11.9 Å². The van der Waals surface area contributed by atoms with Crippen molar-refractivity contribution in [2.24, 2.45) is 7.05 Å². The summed E-state index contributed by atoms with van der Waals surface area (Å²) in [6, 6.07) is 7.24. The van der Waals surface area contributed by atoms with E-state index < -0.39 is 23.5 Å². The SMILES string of the molecule is CC.Cc1ccc(Cl)cc1-c1cc2c(NCC3=CCCC(C(F)F)=C3F)nc(=O)n(C)c2cn1. The smallest absolute Gasteiger partial charge is 0.349 e. The largest absolute Gasteiger partial charge is 0.365 e. The van der Waals surface area contributed by atoms with Gasteiger partial charge in [-0.3, -0.25) is 9.55 Å². The van der Waals surface area contributed by atoms with Crippen molar-refractivity contribution in [3.63, 3.8) is 0 Å². The Kier molecular flexibility index (Phi) is 8.15. The molecule has 1 aromatic carbocycles. The highest BCUT2D eigenvalue weighted by atomic mass is 35.5. The van der Waals surface area contributed by atoms with Gasteiger partial charge in [-0.1, -0.05) is 37.6 Å². The summed E-state index contributed by atoms with van der Waals surface area (Å²) in [7, 11) is 1.58. The Morgan fingerprint density at radius 1 is 1.24 bits per heavy atom. The fourth-order valence-electron chi connectivity index (χ4n) is 3.73. The average molecular weight is 491 g/mol. The van der Waals surface area contributed by atoms with E-state index in [2.05, 4.69) is 15.3 Å². The van der Waals surface area contributed by atoms with E-state index in [1.165, 1.54) is 4.57 Å². The molecule has 9 heteroatoms. The molecule has 0 fully saturated rings. The summed E-state index contributed by atoms with van der Waals surface area (Å²) in [6.45, 7) is 5.85. The molecule has 1 N–H and O–H groups in total. The van der Waals surface area contributed by atoms with Gasteiger partial charge < -0.3 is 5.32 Å². The maximum Gasteiger partial charge on any atom is 0.349 e. The van der Waals surface area contributed by atoms with Crippen molar-refractivity contribution < 1.29 is 13.2 Å². The van der Waals surface area contributed by atoms with Crippen molar-refractivity contribution in [1.82, 2.24) is 14.5 Å². The second-order valence-corrected chi connectivity index (χ2v) is 8.05. The third-order valence-corrected chi connectivity index (χ3v) is 5.78. The fourth-order valence-corrected chi connectivity index (χ4v) is 3.90. The average Bonchev–Trinajstić information content (AvgIpc) is 2.83. The number of aryl methyl sites for hydroxylation is 2. The predicted octanol–water partition coefficient (Wildman–Crippen LogP) is 6.60. The second-order valence-electron chi connectivity index (χ2n) is 7.61. The van der Waals surface area contributed by atoms with Crippen molar-refractivity contribution in [3.8, 4) is 11.3 Å². The van der Waals surface area contributed by atoms with E-state index in [1.54, 1.807) is 37.5 Å². The zero-order valence-corrected chi connectivity index (χ0v) is 20.2. The van der Waals surface area contributed by atoms with E-state index in [0.29, 0.717) is 28.0 Å². The van der Waals surface area contributed by atoms with E-state index in [9.17, 15) is 18.0 Å². The van der Waals surface area contributed by atoms with Crippen molar-refractivity contribution in [3.05, 3.63) is 74.6 Å². The molecule has 1 aliphatic carbocycles. The number of alkyl halides is 2. The number of hydrogen-bond acceptors (Lipinski definition) is 4. The van der Waals surface area contributed by atoms with Gasteiger partial charge in [-0.2, -0.15) is 4.98 Å². The van der Waals surface area contributed by atoms with Gasteiger partial charge in [0.15, 0.2) is 0 Å². The summed E-state index contributed by atoms with van der Waals surface area (Å²) in [5.74, 6) is -0.673. The first-order valence-corrected chi connectivity index (χ1v) is 11.4. The highest BCUT2D eigenvalue weighted by molar-refractivity contribution is 6.30. The molecule has 0 bridgehead atoms. The molecule has 0 aliphatic heterocycles. The number of nitrogens with one attached hydrogen (secondary N) is 1. The number of rotatable bonds is 5. The first-order chi connectivity index (χ1) is 16.3. The summed E-state index contributed by atoms with van der Waals surface area (Å²) in [4.78, 5) is 20.9. The maximum atomic E-state index is 14.5. The molecule has 3 aromatic rings. The molecule has 4 rings (SSSR count). The third-order valence-electron chi connectivity index (χ3n) is 5.55. The number of anilines is 1. The summed E-state index contributed by atoms with van der Waals surface area (Å²) < 4.78 is 42.0. The van der Waals surface area contributed by atoms with Crippen LogP contribution < -0.4 is 11.0 Å². The van der Waals surface area contributed by atoms with E-state index in [0.717, 1.165) is 11.1 Å². The number of aromatic nitrogens is 3. The van der Waals surface area contributed by atoms with Crippen LogP contribution in [0.4, 0.5) is 19.0 Å². The third kappa shape index (κ3) is 5.17. The minimum atomic E-state index is -2.84. The van der Waals surface area contributed by atoms with Crippen LogP contribution in [0.3, 0.4) is 0 Å². The van der Waals surface area contributed by atoms with Crippen LogP contribution in [0.2, 0.25) is 5.02 Å². The predicted molar refractivity (Wildman–Crippen MR) is 131 cm³/mol. The standard InChI is InChI=1S/C23H20ClF3N4O.C2H6/c1-12-6-7-14(24)8-16(12)18-9-17-19(11-28-18)31(2)23(32)30-22(17)29-10-13-4-3-5-15(20(13)25)21(26)27;1-2/h4,6-9,11,21H,3,5,10H2,1-2H3,(H,29,30,32);1-2H3. The molecule has 180 valence electrons. The Balaban J connectivity index is 0.00000158. The quantitative estimate of drug-likeness (QED) is 0.437. The first-order valence-electron chi connectivity index (χ1n) is 11.0. The molecule has 2 aromatic heterocycles. The van der Waals surface area contributed by atoms with Crippen LogP contribution in [0.1, 0.15) is 32.3 Å². The molecule has 2 heterocycles. The summed E-state index contributed by atoms with van der Waals surface area (Å²) >= 11 is 6.15. The van der Waals surface area contributed by atoms with Gasteiger partial charge in [0.1, 0.15) is 11.6 Å². The minimum Gasteiger partial charge on any atom is -0.365 e. The zero-order chi connectivity index (χ0) is 25.0. The number of allylic oxidation sites excluding steroid dienone is 2. The Hall–Kier alpha value is -3.13. The number of hydrogen-bond donors (Lipinski definition) is 1. The number of nitrogens with zero attached hydrogens (tertiary/aromatic N) is 3. The Labute approximate surface area is 201 Å². The van der Waals surface area contributed by atoms with Crippen LogP contribution >= 0.6 is 11.6 Å². The molecule has 0 saturated carbocycles. The lowest BCUT2D eigenvalue weighted by Gasteiger charge is -2.18. The molecule has 0 atom stereocenters. The normalized spacial score (nSPS) is 13.6. The Morgan fingerprint density at radius 2 is 1.97 bits per heavy atom. The molecule has 0 spiro atoms. The van der Waals surface area contributed by atoms with Crippen LogP contribution in [0.15, 0.2) is 58.3 Å². The lowest BCUT2D eigenvalue weighted by Crippen LogP contribution is -2.23. The van der Waals surface area contributed by atoms with Gasteiger partial charge in [0, 0.05) is 40.7 Å². The molecule has 0 amide bonds. The molecule has 1 aliphatic rings. The number of halogens is 4. The van der Waals surface area contributed by atoms with Crippen LogP contribution in [0.25, 0.3) is 22.2 Å². The summed E-state index contributed by atoms with van der Waals surface area (Å²) in [5.41, 5.74) is 2.06. The van der Waals surface area contributed by atoms with Gasteiger partial charge >= 0.3 is 5.69 Å². The highest BCUT2D eigenvalue weighted by Gasteiger charge is 2.23. The Bertz CT molecular complexity index is 1330. The minimum absolute atomic E-state index is 0.00588. The van der Waals surface area contributed by atoms with Crippen molar-refractivity contribution in [2.45, 2.75) is 40.0 Å². The van der Waals surface area contributed by atoms with Gasteiger partial charge in [0.05, 0.1) is 17.4 Å². The summed E-state index contributed by atoms with van der Waals surface area (Å²) in [5, 5.41) is 4.10. The van der Waals surface area contributed by atoms with Crippen LogP contribution in [0.5, 0.6) is 0 Å². The van der Waals surface area contributed by atoms with E-state index in [1.807, 2.05) is 26.8 Å². The van der Waals surface area contributed by atoms with Gasteiger partial charge in [-0.15, -0.1) is 0 Å². The van der Waals surface area contributed by atoms with Gasteiger partial charge in [0.25, 0.3) is 6.43 Å². The molecule has 5 nitrogen and oxygen atoms in total.